The van der Waals surface area contributed by atoms with Crippen LogP contribution >= 0.6 is 24.0 Å². The molecule has 0 fully saturated rings. The Morgan fingerprint density at radius 3 is 2.41 bits per heavy atom. The van der Waals surface area contributed by atoms with Crippen molar-refractivity contribution in [1.82, 2.24) is 5.32 Å². The zero-order chi connectivity index (χ0) is 18.8. The Labute approximate surface area is 173 Å². The maximum absolute atomic E-state index is 13.1. The van der Waals surface area contributed by atoms with E-state index in [1.807, 2.05) is 42.5 Å². The minimum absolute atomic E-state index is 0. The van der Waals surface area contributed by atoms with Gasteiger partial charge in [0.15, 0.2) is 9.84 Å². The molecule has 0 bridgehead atoms. The van der Waals surface area contributed by atoms with E-state index in [0.29, 0.717) is 9.92 Å². The molecular weight excluding hydrogens is 401 g/mol. The monoisotopic (exact) mass is 427 g/mol. The largest absolute Gasteiger partial charge is 0.300 e. The van der Waals surface area contributed by atoms with Crippen LogP contribution in [0.4, 0.5) is 0 Å². The Hall–Kier alpha value is -1.07. The summed E-state index contributed by atoms with van der Waals surface area (Å²) in [5, 5.41) is 4.42. The lowest BCUT2D eigenvalue weighted by atomic mass is 9.79. The highest BCUT2D eigenvalue weighted by Gasteiger charge is 2.42. The lowest BCUT2D eigenvalue weighted by Gasteiger charge is -2.37. The molecular formula is C21H27Cl2NO2S. The van der Waals surface area contributed by atoms with E-state index in [-0.39, 0.29) is 24.2 Å². The summed E-state index contributed by atoms with van der Waals surface area (Å²) in [6.45, 7) is 4.24. The van der Waals surface area contributed by atoms with Gasteiger partial charge in [-0.1, -0.05) is 68.6 Å². The summed E-state index contributed by atoms with van der Waals surface area (Å²) < 4.78 is 26.2. The molecule has 1 aliphatic rings. The number of hydrogen-bond acceptors (Lipinski definition) is 3. The number of benzene rings is 2. The maximum Gasteiger partial charge on any atom is 0.180 e. The van der Waals surface area contributed by atoms with Gasteiger partial charge in [0.2, 0.25) is 0 Å². The van der Waals surface area contributed by atoms with Crippen LogP contribution in [0.25, 0.3) is 0 Å². The van der Waals surface area contributed by atoms with Crippen molar-refractivity contribution in [2.75, 3.05) is 5.75 Å². The van der Waals surface area contributed by atoms with E-state index < -0.39 is 15.4 Å². The number of fused-ring (bicyclic) bond motifs is 1. The van der Waals surface area contributed by atoms with Crippen molar-refractivity contribution in [1.29, 1.82) is 0 Å². The molecule has 0 saturated heterocycles. The maximum atomic E-state index is 13.1. The van der Waals surface area contributed by atoms with Crippen LogP contribution in [0.3, 0.4) is 0 Å². The van der Waals surface area contributed by atoms with Crippen LogP contribution < -0.4 is 5.32 Å². The summed E-state index contributed by atoms with van der Waals surface area (Å²) in [5.41, 5.74) is 1.35. The van der Waals surface area contributed by atoms with Crippen molar-refractivity contribution < 1.29 is 8.42 Å². The Morgan fingerprint density at radius 2 is 1.78 bits per heavy atom. The molecule has 0 amide bonds. The lowest BCUT2D eigenvalue weighted by Crippen LogP contribution is -2.48. The fourth-order valence-corrected chi connectivity index (χ4v) is 5.94. The minimum Gasteiger partial charge on any atom is -0.300 e. The van der Waals surface area contributed by atoms with Crippen molar-refractivity contribution in [2.45, 2.75) is 56.0 Å². The first-order chi connectivity index (χ1) is 12.4. The van der Waals surface area contributed by atoms with Crippen molar-refractivity contribution in [3.05, 3.63) is 64.7 Å². The van der Waals surface area contributed by atoms with Gasteiger partial charge in [0, 0.05) is 11.1 Å². The Morgan fingerprint density at radius 1 is 1.11 bits per heavy atom. The first kappa shape index (κ1) is 22.2. The summed E-state index contributed by atoms with van der Waals surface area (Å²) in [6.07, 6.45) is 3.65. The van der Waals surface area contributed by atoms with Crippen LogP contribution in [0.5, 0.6) is 0 Å². The van der Waals surface area contributed by atoms with Gasteiger partial charge in [-0.2, -0.15) is 0 Å². The van der Waals surface area contributed by atoms with E-state index in [1.165, 1.54) is 0 Å². The fourth-order valence-electron chi connectivity index (χ4n) is 3.99. The SMILES string of the molecule is CCCC[C@H]1CS(=O)(=O)c2ccccc2[C@](CC)(c2ccc(Cl)cc2)N1.Cl. The third kappa shape index (κ3) is 4.34. The van der Waals surface area contributed by atoms with E-state index in [9.17, 15) is 8.42 Å². The van der Waals surface area contributed by atoms with Crippen molar-refractivity contribution in [2.24, 2.45) is 0 Å². The van der Waals surface area contributed by atoms with Gasteiger partial charge in [-0.3, -0.25) is 5.32 Å². The Kier molecular flexibility index (Phi) is 7.37. The van der Waals surface area contributed by atoms with Gasteiger partial charge in [-0.25, -0.2) is 8.42 Å². The standard InChI is InChI=1S/C21H26ClNO2S.ClH/c1-3-5-8-18-15-26(24,25)20-10-7-6-9-19(20)21(4-2,23-18)16-11-13-17(22)14-12-16;/h6-7,9-14,18,23H,3-5,8,15H2,1-2H3;1H/t18-,21-;/m0./s1. The number of unbranched alkanes of at least 4 members (excludes halogenated alkanes) is 1. The molecule has 2 atom stereocenters. The number of sulfone groups is 1. The van der Waals surface area contributed by atoms with E-state index >= 15 is 0 Å². The molecule has 148 valence electrons. The van der Waals surface area contributed by atoms with Crippen molar-refractivity contribution in [3.8, 4) is 0 Å². The quantitative estimate of drug-likeness (QED) is 0.698. The summed E-state index contributed by atoms with van der Waals surface area (Å²) in [6, 6.07) is 15.1. The molecule has 0 aromatic heterocycles. The zero-order valence-corrected chi connectivity index (χ0v) is 18.1. The molecule has 1 aliphatic heterocycles. The van der Waals surface area contributed by atoms with E-state index in [4.69, 9.17) is 11.6 Å². The number of rotatable bonds is 5. The van der Waals surface area contributed by atoms with Gasteiger partial charge in [0.25, 0.3) is 0 Å². The normalized spacial score (nSPS) is 23.7. The predicted molar refractivity (Wildman–Crippen MR) is 115 cm³/mol. The van der Waals surface area contributed by atoms with Gasteiger partial charge < -0.3 is 0 Å². The molecule has 0 radical (unpaired) electrons. The predicted octanol–water partition coefficient (Wildman–Crippen LogP) is 5.35. The van der Waals surface area contributed by atoms with Gasteiger partial charge in [0.05, 0.1) is 16.2 Å². The topological polar surface area (TPSA) is 46.2 Å². The average Bonchev–Trinajstić information content (AvgIpc) is 2.74. The number of halogens is 2. The van der Waals surface area contributed by atoms with Gasteiger partial charge >= 0.3 is 0 Å². The minimum atomic E-state index is -3.34. The van der Waals surface area contributed by atoms with E-state index in [0.717, 1.165) is 36.8 Å². The Balaban J connectivity index is 0.00000261. The molecule has 6 heteroatoms. The van der Waals surface area contributed by atoms with Crippen LogP contribution in [0.1, 0.15) is 50.7 Å². The van der Waals surface area contributed by atoms with Gasteiger partial charge in [-0.15, -0.1) is 12.4 Å². The van der Waals surface area contributed by atoms with Crippen LogP contribution in [-0.2, 0) is 15.4 Å². The summed E-state index contributed by atoms with van der Waals surface area (Å²) in [4.78, 5) is 0.447. The van der Waals surface area contributed by atoms with E-state index in [1.54, 1.807) is 6.07 Å². The summed E-state index contributed by atoms with van der Waals surface area (Å²) in [7, 11) is -3.34. The summed E-state index contributed by atoms with van der Waals surface area (Å²) in [5.74, 6) is 0.138. The molecule has 0 aliphatic carbocycles. The zero-order valence-electron chi connectivity index (χ0n) is 15.7. The highest BCUT2D eigenvalue weighted by molar-refractivity contribution is 7.91. The van der Waals surface area contributed by atoms with Crippen LogP contribution in [0.15, 0.2) is 53.4 Å². The second-order valence-electron chi connectivity index (χ2n) is 7.03. The van der Waals surface area contributed by atoms with Crippen molar-refractivity contribution >= 4 is 33.8 Å². The number of nitrogens with one attached hydrogen (secondary N) is 1. The average molecular weight is 428 g/mol. The molecule has 0 spiro atoms. The van der Waals surface area contributed by atoms with Crippen LogP contribution in [-0.4, -0.2) is 20.2 Å². The highest BCUT2D eigenvalue weighted by Crippen LogP contribution is 2.40. The third-order valence-corrected chi connectivity index (χ3v) is 7.45. The molecule has 2 aromatic rings. The molecule has 3 rings (SSSR count). The lowest BCUT2D eigenvalue weighted by molar-refractivity contribution is 0.329. The molecule has 2 aromatic carbocycles. The van der Waals surface area contributed by atoms with Crippen LogP contribution in [0.2, 0.25) is 5.02 Å². The highest BCUT2D eigenvalue weighted by atomic mass is 35.5. The second-order valence-corrected chi connectivity index (χ2v) is 9.47. The van der Waals surface area contributed by atoms with Gasteiger partial charge in [-0.05, 0) is 42.2 Å². The fraction of sp³-hybridized carbons (Fsp3) is 0.429. The van der Waals surface area contributed by atoms with Crippen molar-refractivity contribution in [3.63, 3.8) is 0 Å². The van der Waals surface area contributed by atoms with Crippen LogP contribution in [0, 0.1) is 0 Å². The third-order valence-electron chi connectivity index (χ3n) is 5.33. The van der Waals surface area contributed by atoms with Gasteiger partial charge in [0.1, 0.15) is 0 Å². The second kappa shape index (κ2) is 8.95. The van der Waals surface area contributed by atoms with E-state index in [2.05, 4.69) is 19.2 Å². The Bertz CT molecular complexity index is 868. The first-order valence-electron chi connectivity index (χ1n) is 9.29. The molecule has 1 N–H and O–H groups in total. The molecule has 27 heavy (non-hydrogen) atoms. The number of hydrogen-bond donors (Lipinski definition) is 1. The molecule has 0 saturated carbocycles. The summed E-state index contributed by atoms with van der Waals surface area (Å²) >= 11 is 6.10. The molecule has 1 heterocycles. The first-order valence-corrected chi connectivity index (χ1v) is 11.3. The molecule has 0 unspecified atom stereocenters. The smallest absolute Gasteiger partial charge is 0.180 e. The molecule has 3 nitrogen and oxygen atoms in total.